The Morgan fingerprint density at radius 3 is 2.62 bits per heavy atom. The van der Waals surface area contributed by atoms with Crippen molar-refractivity contribution in [3.05, 3.63) is 29.8 Å². The van der Waals surface area contributed by atoms with E-state index in [-0.39, 0.29) is 13.3 Å². The van der Waals surface area contributed by atoms with Crippen molar-refractivity contribution in [2.75, 3.05) is 5.32 Å². The molecule has 0 unspecified atom stereocenters. The lowest BCUT2D eigenvalue weighted by Gasteiger charge is -2.09. The molecule has 0 saturated heterocycles. The minimum absolute atomic E-state index is 0. The second-order valence-corrected chi connectivity index (χ2v) is 5.80. The van der Waals surface area contributed by atoms with Gasteiger partial charge in [0.2, 0.25) is 5.91 Å². The van der Waals surface area contributed by atoms with Crippen LogP contribution in [0.1, 0.15) is 59.9 Å². The molecule has 0 saturated carbocycles. The highest BCUT2D eigenvalue weighted by molar-refractivity contribution is 5.92. The zero-order valence-corrected chi connectivity index (χ0v) is 13.4. The Morgan fingerprint density at radius 2 is 1.95 bits per heavy atom. The fraction of sp³-hybridized carbons (Fsp3) is 0.556. The third kappa shape index (κ3) is 7.07. The zero-order valence-electron chi connectivity index (χ0n) is 13.4. The number of aryl methyl sites for hydroxylation is 1. The number of amides is 1. The first-order chi connectivity index (χ1) is 10.0. The van der Waals surface area contributed by atoms with Gasteiger partial charge in [0.15, 0.2) is 0 Å². The van der Waals surface area contributed by atoms with Gasteiger partial charge in [-0.1, -0.05) is 39.3 Å². The molecule has 0 aliphatic heterocycles. The lowest BCUT2D eigenvalue weighted by atomic mass is 10.0. The van der Waals surface area contributed by atoms with Crippen molar-refractivity contribution in [2.24, 2.45) is 5.92 Å². The molecule has 0 spiro atoms. The molecule has 0 aliphatic rings. The van der Waals surface area contributed by atoms with Gasteiger partial charge in [0.25, 0.3) is 0 Å². The number of anilines is 1. The molecule has 0 fully saturated rings. The summed E-state index contributed by atoms with van der Waals surface area (Å²) in [6.07, 6.45) is 5.49. The number of ketones is 1. The third-order valence-electron chi connectivity index (χ3n) is 3.53. The van der Waals surface area contributed by atoms with Crippen molar-refractivity contribution in [2.45, 2.75) is 59.3 Å². The first-order valence-electron chi connectivity index (χ1n) is 7.94. The number of carbonyl (C=O) groups is 2. The molecule has 0 aliphatic carbocycles. The Bertz CT molecular complexity index is 472. The maximum atomic E-state index is 11.7. The van der Waals surface area contributed by atoms with Crippen molar-refractivity contribution in [1.82, 2.24) is 0 Å². The summed E-state index contributed by atoms with van der Waals surface area (Å²) in [7, 11) is 0. The topological polar surface area (TPSA) is 46.2 Å². The quantitative estimate of drug-likeness (QED) is 0.675. The average molecular weight is 291 g/mol. The van der Waals surface area contributed by atoms with Gasteiger partial charge in [-0.2, -0.15) is 0 Å². The second kappa shape index (κ2) is 9.32. The van der Waals surface area contributed by atoms with E-state index in [2.05, 4.69) is 11.4 Å². The van der Waals surface area contributed by atoms with Crippen LogP contribution in [0.25, 0.3) is 0 Å². The van der Waals surface area contributed by atoms with Crippen LogP contribution in [0.5, 0.6) is 0 Å². The highest BCUT2D eigenvalue weighted by atomic mass is 16.1. The summed E-state index contributed by atoms with van der Waals surface area (Å²) in [6.45, 7) is 5.69. The van der Waals surface area contributed by atoms with Gasteiger partial charge in [0, 0.05) is 25.9 Å². The van der Waals surface area contributed by atoms with E-state index in [1.165, 1.54) is 5.56 Å². The van der Waals surface area contributed by atoms with E-state index in [0.29, 0.717) is 18.6 Å². The first-order valence-corrected chi connectivity index (χ1v) is 7.94. The number of Topliss-reactive ketones (excluding diaryl/α,β-unsaturated/α-hetero) is 1. The van der Waals surface area contributed by atoms with Gasteiger partial charge >= 0.3 is 0 Å². The standard InChI is InChI=1S/C18H27NO2.H2/c1-4-17(20)12-7-5-6-9-15-10-8-11-16(13-15)19-18(21)14(2)3;/h8,10-11,13-14H,4-7,9,12H2,1-3H3,(H,19,21);1H. The molecule has 1 aromatic rings. The minimum atomic E-state index is -0.00948. The normalized spacial score (nSPS) is 10.7. The largest absolute Gasteiger partial charge is 0.326 e. The zero-order chi connectivity index (χ0) is 15.7. The van der Waals surface area contributed by atoms with Crippen molar-refractivity contribution in [3.63, 3.8) is 0 Å². The van der Waals surface area contributed by atoms with Crippen LogP contribution in [0.3, 0.4) is 0 Å². The maximum Gasteiger partial charge on any atom is 0.226 e. The fourth-order valence-corrected chi connectivity index (χ4v) is 2.10. The molecule has 0 aromatic heterocycles. The molecule has 3 nitrogen and oxygen atoms in total. The molecule has 0 heterocycles. The van der Waals surface area contributed by atoms with E-state index in [4.69, 9.17) is 0 Å². The maximum absolute atomic E-state index is 11.7. The molecule has 1 rings (SSSR count). The summed E-state index contributed by atoms with van der Waals surface area (Å²) in [4.78, 5) is 22.9. The van der Waals surface area contributed by atoms with E-state index in [0.717, 1.165) is 31.4 Å². The van der Waals surface area contributed by atoms with E-state index in [1.807, 2.05) is 39.0 Å². The summed E-state index contributed by atoms with van der Waals surface area (Å²) >= 11 is 0. The number of hydrogen-bond donors (Lipinski definition) is 1. The molecule has 21 heavy (non-hydrogen) atoms. The molecule has 3 heteroatoms. The Labute approximate surface area is 129 Å². The summed E-state index contributed by atoms with van der Waals surface area (Å²) in [5.41, 5.74) is 2.10. The molecular weight excluding hydrogens is 262 g/mol. The van der Waals surface area contributed by atoms with E-state index < -0.39 is 0 Å². The van der Waals surface area contributed by atoms with Gasteiger partial charge in [-0.25, -0.2) is 0 Å². The van der Waals surface area contributed by atoms with Crippen molar-refractivity contribution < 1.29 is 11.0 Å². The predicted octanol–water partition coefficient (Wildman–Crippen LogP) is 4.61. The van der Waals surface area contributed by atoms with E-state index >= 15 is 0 Å². The summed E-state index contributed by atoms with van der Waals surface area (Å²) in [5, 5.41) is 2.92. The summed E-state index contributed by atoms with van der Waals surface area (Å²) < 4.78 is 0. The molecule has 0 radical (unpaired) electrons. The molecule has 0 bridgehead atoms. The van der Waals surface area contributed by atoms with Crippen LogP contribution < -0.4 is 5.32 Å². The molecule has 1 N–H and O–H groups in total. The molecule has 0 atom stereocenters. The minimum Gasteiger partial charge on any atom is -0.326 e. The molecular formula is C18H29NO2. The lowest BCUT2D eigenvalue weighted by molar-refractivity contribution is -0.119. The van der Waals surface area contributed by atoms with Gasteiger partial charge in [0.05, 0.1) is 0 Å². The van der Waals surface area contributed by atoms with Crippen molar-refractivity contribution in [1.29, 1.82) is 0 Å². The Hall–Kier alpha value is -1.64. The molecule has 1 aromatic carbocycles. The number of nitrogens with one attached hydrogen (secondary N) is 1. The smallest absolute Gasteiger partial charge is 0.226 e. The highest BCUT2D eigenvalue weighted by Gasteiger charge is 2.07. The number of carbonyl (C=O) groups excluding carboxylic acids is 2. The van der Waals surface area contributed by atoms with Crippen molar-refractivity contribution in [3.8, 4) is 0 Å². The number of rotatable bonds is 9. The van der Waals surface area contributed by atoms with Crippen LogP contribution in [-0.2, 0) is 16.0 Å². The van der Waals surface area contributed by atoms with Crippen LogP contribution in [0.4, 0.5) is 5.69 Å². The number of unbranched alkanes of at least 4 members (excludes halogenated alkanes) is 2. The van der Waals surface area contributed by atoms with Gasteiger partial charge in [-0.05, 0) is 37.0 Å². The fourth-order valence-electron chi connectivity index (χ4n) is 2.10. The van der Waals surface area contributed by atoms with Crippen LogP contribution in [-0.4, -0.2) is 11.7 Å². The average Bonchev–Trinajstić information content (AvgIpc) is 2.46. The van der Waals surface area contributed by atoms with Crippen LogP contribution in [0.2, 0.25) is 0 Å². The van der Waals surface area contributed by atoms with Gasteiger partial charge in [0.1, 0.15) is 5.78 Å². The van der Waals surface area contributed by atoms with Gasteiger partial charge in [-0.15, -0.1) is 0 Å². The third-order valence-corrected chi connectivity index (χ3v) is 3.53. The Morgan fingerprint density at radius 1 is 1.19 bits per heavy atom. The second-order valence-electron chi connectivity index (χ2n) is 5.80. The molecule has 1 amide bonds. The number of hydrogen-bond acceptors (Lipinski definition) is 2. The monoisotopic (exact) mass is 291 g/mol. The SMILES string of the molecule is CCC(=O)CCCCCc1cccc(NC(=O)C(C)C)c1.[HH]. The Balaban J connectivity index is 0.00000441. The predicted molar refractivity (Wildman–Crippen MR) is 89.5 cm³/mol. The summed E-state index contributed by atoms with van der Waals surface area (Å²) in [6, 6.07) is 8.02. The van der Waals surface area contributed by atoms with Crippen LogP contribution in [0, 0.1) is 5.92 Å². The first kappa shape index (κ1) is 17.4. The van der Waals surface area contributed by atoms with E-state index in [1.54, 1.807) is 0 Å². The lowest BCUT2D eigenvalue weighted by Crippen LogP contribution is -2.17. The van der Waals surface area contributed by atoms with Crippen LogP contribution in [0.15, 0.2) is 24.3 Å². The van der Waals surface area contributed by atoms with Crippen molar-refractivity contribution >= 4 is 17.4 Å². The van der Waals surface area contributed by atoms with Gasteiger partial charge < -0.3 is 5.32 Å². The van der Waals surface area contributed by atoms with E-state index in [9.17, 15) is 9.59 Å². The van der Waals surface area contributed by atoms with Gasteiger partial charge in [-0.3, -0.25) is 9.59 Å². The molecule has 118 valence electrons. The van der Waals surface area contributed by atoms with Crippen LogP contribution >= 0.6 is 0 Å². The highest BCUT2D eigenvalue weighted by Crippen LogP contribution is 2.15. The summed E-state index contributed by atoms with van der Waals surface area (Å²) in [5.74, 6) is 0.392. The number of benzene rings is 1. The Kier molecular flexibility index (Phi) is 7.73.